The van der Waals surface area contributed by atoms with Crippen molar-refractivity contribution in [1.29, 1.82) is 0 Å². The number of carbonyl (C=O) groups excluding carboxylic acids is 1. The van der Waals surface area contributed by atoms with Crippen LogP contribution in [-0.2, 0) is 4.79 Å². The highest BCUT2D eigenvalue weighted by Crippen LogP contribution is 2.24. The molecule has 20 heavy (non-hydrogen) atoms. The summed E-state index contributed by atoms with van der Waals surface area (Å²) in [4.78, 5) is 22.0. The van der Waals surface area contributed by atoms with Crippen LogP contribution in [0.2, 0.25) is 0 Å². The van der Waals surface area contributed by atoms with Crippen LogP contribution < -0.4 is 10.6 Å². The largest absolute Gasteiger partial charge is 0.384 e. The van der Waals surface area contributed by atoms with Gasteiger partial charge in [-0.05, 0) is 26.3 Å². The molecule has 6 nitrogen and oxygen atoms in total. The molecule has 0 aliphatic rings. The Hall–Kier alpha value is -2.11. The second kappa shape index (κ2) is 7.47. The normalized spacial score (nSPS) is 11.8. The van der Waals surface area contributed by atoms with Gasteiger partial charge in [0.2, 0.25) is 5.91 Å². The molecular formula is C14H21N3O3. The number of amides is 1. The SMILES string of the molecule is CCC(C)NC(=O)CCNc1cccc([N+](=O)[O-])c1C. The second-order valence-corrected chi connectivity index (χ2v) is 4.76. The molecule has 0 radical (unpaired) electrons. The lowest BCUT2D eigenvalue weighted by molar-refractivity contribution is -0.385. The van der Waals surface area contributed by atoms with Gasteiger partial charge in [-0.15, -0.1) is 0 Å². The molecule has 0 aromatic heterocycles. The molecule has 1 aromatic carbocycles. The Morgan fingerprint density at radius 3 is 2.75 bits per heavy atom. The number of benzene rings is 1. The third-order valence-electron chi connectivity index (χ3n) is 3.19. The van der Waals surface area contributed by atoms with E-state index in [2.05, 4.69) is 10.6 Å². The van der Waals surface area contributed by atoms with Crippen molar-refractivity contribution < 1.29 is 9.72 Å². The molecule has 110 valence electrons. The van der Waals surface area contributed by atoms with Crippen molar-refractivity contribution in [2.75, 3.05) is 11.9 Å². The van der Waals surface area contributed by atoms with Crippen LogP contribution in [0, 0.1) is 17.0 Å². The summed E-state index contributed by atoms with van der Waals surface area (Å²) in [5, 5.41) is 16.8. The van der Waals surface area contributed by atoms with Crippen LogP contribution in [0.3, 0.4) is 0 Å². The minimum absolute atomic E-state index is 0.0186. The van der Waals surface area contributed by atoms with E-state index in [4.69, 9.17) is 0 Å². The van der Waals surface area contributed by atoms with Gasteiger partial charge >= 0.3 is 0 Å². The van der Waals surface area contributed by atoms with Gasteiger partial charge in [-0.1, -0.05) is 13.0 Å². The van der Waals surface area contributed by atoms with Crippen molar-refractivity contribution >= 4 is 17.3 Å². The average molecular weight is 279 g/mol. The van der Waals surface area contributed by atoms with Crippen LogP contribution >= 0.6 is 0 Å². The maximum Gasteiger partial charge on any atom is 0.274 e. The summed E-state index contributed by atoms with van der Waals surface area (Å²) in [6.07, 6.45) is 1.23. The fourth-order valence-corrected chi connectivity index (χ4v) is 1.77. The van der Waals surface area contributed by atoms with Gasteiger partial charge in [-0.2, -0.15) is 0 Å². The zero-order valence-electron chi connectivity index (χ0n) is 12.1. The molecule has 0 saturated heterocycles. The van der Waals surface area contributed by atoms with E-state index in [-0.39, 0.29) is 17.6 Å². The number of hydrogen-bond acceptors (Lipinski definition) is 4. The molecule has 0 bridgehead atoms. The third-order valence-corrected chi connectivity index (χ3v) is 3.19. The van der Waals surface area contributed by atoms with Gasteiger partial charge in [0, 0.05) is 36.3 Å². The first-order valence-corrected chi connectivity index (χ1v) is 6.73. The highest BCUT2D eigenvalue weighted by molar-refractivity contribution is 5.76. The van der Waals surface area contributed by atoms with Crippen LogP contribution in [-0.4, -0.2) is 23.4 Å². The van der Waals surface area contributed by atoms with E-state index in [0.717, 1.165) is 6.42 Å². The molecule has 0 aliphatic heterocycles. The monoisotopic (exact) mass is 279 g/mol. The summed E-state index contributed by atoms with van der Waals surface area (Å²) >= 11 is 0. The Kier molecular flexibility index (Phi) is 5.96. The van der Waals surface area contributed by atoms with Gasteiger partial charge < -0.3 is 10.6 Å². The van der Waals surface area contributed by atoms with E-state index in [0.29, 0.717) is 24.2 Å². The van der Waals surface area contributed by atoms with Gasteiger partial charge in [-0.3, -0.25) is 14.9 Å². The van der Waals surface area contributed by atoms with Crippen molar-refractivity contribution in [1.82, 2.24) is 5.32 Å². The summed E-state index contributed by atoms with van der Waals surface area (Å²) in [7, 11) is 0. The van der Waals surface area contributed by atoms with Crippen molar-refractivity contribution in [3.63, 3.8) is 0 Å². The average Bonchev–Trinajstić information content (AvgIpc) is 2.40. The Labute approximate surface area is 118 Å². The topological polar surface area (TPSA) is 84.3 Å². The second-order valence-electron chi connectivity index (χ2n) is 4.76. The van der Waals surface area contributed by atoms with Crippen molar-refractivity contribution in [3.05, 3.63) is 33.9 Å². The minimum Gasteiger partial charge on any atom is -0.384 e. The van der Waals surface area contributed by atoms with Crippen molar-refractivity contribution in [3.8, 4) is 0 Å². The fraction of sp³-hybridized carbons (Fsp3) is 0.500. The summed E-state index contributed by atoms with van der Waals surface area (Å²) < 4.78 is 0. The lowest BCUT2D eigenvalue weighted by Crippen LogP contribution is -2.32. The number of nitrogens with one attached hydrogen (secondary N) is 2. The molecule has 1 rings (SSSR count). The van der Waals surface area contributed by atoms with Crippen molar-refractivity contribution in [2.24, 2.45) is 0 Å². The zero-order chi connectivity index (χ0) is 15.1. The molecule has 0 spiro atoms. The first kappa shape index (κ1) is 15.9. The Bertz CT molecular complexity index is 489. The summed E-state index contributed by atoms with van der Waals surface area (Å²) in [6.45, 7) is 6.11. The predicted molar refractivity (Wildman–Crippen MR) is 78.8 cm³/mol. The molecule has 0 fully saturated rings. The molecule has 6 heteroatoms. The molecular weight excluding hydrogens is 258 g/mol. The quantitative estimate of drug-likeness (QED) is 0.593. The van der Waals surface area contributed by atoms with Crippen LogP contribution in [0.15, 0.2) is 18.2 Å². The van der Waals surface area contributed by atoms with E-state index in [1.807, 2.05) is 13.8 Å². The summed E-state index contributed by atoms with van der Waals surface area (Å²) in [5.41, 5.74) is 1.36. The highest BCUT2D eigenvalue weighted by Gasteiger charge is 2.13. The van der Waals surface area contributed by atoms with E-state index >= 15 is 0 Å². The van der Waals surface area contributed by atoms with Crippen LogP contribution in [0.25, 0.3) is 0 Å². The minimum atomic E-state index is -0.407. The van der Waals surface area contributed by atoms with Crippen LogP contribution in [0.1, 0.15) is 32.3 Å². The number of nitro benzene ring substituents is 1. The van der Waals surface area contributed by atoms with Gasteiger partial charge in [0.15, 0.2) is 0 Å². The maximum atomic E-state index is 11.6. The first-order chi connectivity index (χ1) is 9.45. The summed E-state index contributed by atoms with van der Waals surface area (Å²) in [5.74, 6) is -0.0186. The number of anilines is 1. The Morgan fingerprint density at radius 2 is 2.15 bits per heavy atom. The predicted octanol–water partition coefficient (Wildman–Crippen LogP) is 2.62. The van der Waals surface area contributed by atoms with E-state index in [9.17, 15) is 14.9 Å². The fourth-order valence-electron chi connectivity index (χ4n) is 1.77. The number of rotatable bonds is 7. The van der Waals surface area contributed by atoms with Crippen LogP contribution in [0.4, 0.5) is 11.4 Å². The lowest BCUT2D eigenvalue weighted by Gasteiger charge is -2.12. The highest BCUT2D eigenvalue weighted by atomic mass is 16.6. The molecule has 1 atom stereocenters. The molecule has 1 aromatic rings. The molecule has 0 saturated carbocycles. The molecule has 1 unspecified atom stereocenters. The standard InChI is InChI=1S/C14H21N3O3/c1-4-10(2)16-14(18)8-9-15-12-6-5-7-13(11(12)3)17(19)20/h5-7,10,15H,4,8-9H2,1-3H3,(H,16,18). The first-order valence-electron chi connectivity index (χ1n) is 6.73. The maximum absolute atomic E-state index is 11.6. The summed E-state index contributed by atoms with van der Waals surface area (Å²) in [6, 6.07) is 5.04. The molecule has 0 heterocycles. The van der Waals surface area contributed by atoms with E-state index < -0.39 is 4.92 Å². The Balaban J connectivity index is 2.52. The van der Waals surface area contributed by atoms with E-state index in [1.165, 1.54) is 6.07 Å². The van der Waals surface area contributed by atoms with Gasteiger partial charge in [0.25, 0.3) is 5.69 Å². The zero-order valence-corrected chi connectivity index (χ0v) is 12.1. The Morgan fingerprint density at radius 1 is 1.45 bits per heavy atom. The number of carbonyl (C=O) groups is 1. The smallest absolute Gasteiger partial charge is 0.274 e. The number of nitrogens with zero attached hydrogens (tertiary/aromatic N) is 1. The molecule has 1 amide bonds. The van der Waals surface area contributed by atoms with Crippen molar-refractivity contribution in [2.45, 2.75) is 39.7 Å². The van der Waals surface area contributed by atoms with Gasteiger partial charge in [-0.25, -0.2) is 0 Å². The number of nitro groups is 1. The number of hydrogen-bond donors (Lipinski definition) is 2. The van der Waals surface area contributed by atoms with Crippen LogP contribution in [0.5, 0.6) is 0 Å². The third kappa shape index (κ3) is 4.53. The van der Waals surface area contributed by atoms with Gasteiger partial charge in [0.1, 0.15) is 0 Å². The van der Waals surface area contributed by atoms with Gasteiger partial charge in [0.05, 0.1) is 4.92 Å². The molecule has 2 N–H and O–H groups in total. The van der Waals surface area contributed by atoms with E-state index in [1.54, 1.807) is 19.1 Å². The molecule has 0 aliphatic carbocycles. The lowest BCUT2D eigenvalue weighted by atomic mass is 10.1.